The van der Waals surface area contributed by atoms with Crippen molar-refractivity contribution in [2.75, 3.05) is 5.73 Å². The number of nitrogens with two attached hydrogens (primary N) is 1. The SMILES string of the molecule is Nc1ccc(O)c(-c2nc3ccccc3s2)c1.O=P(O)(O)O. The van der Waals surface area contributed by atoms with Gasteiger partial charge in [0.15, 0.2) is 0 Å². The van der Waals surface area contributed by atoms with Crippen molar-refractivity contribution in [2.45, 2.75) is 0 Å². The van der Waals surface area contributed by atoms with Crippen LogP contribution < -0.4 is 5.73 Å². The molecule has 0 atom stereocenters. The molecule has 0 aliphatic heterocycles. The minimum atomic E-state index is -4.64. The lowest BCUT2D eigenvalue weighted by molar-refractivity contribution is 0.275. The van der Waals surface area contributed by atoms with Crippen molar-refractivity contribution < 1.29 is 24.4 Å². The number of phenolic OH excluding ortho intramolecular Hbond substituents is 1. The van der Waals surface area contributed by atoms with Gasteiger partial charge in [-0.2, -0.15) is 0 Å². The van der Waals surface area contributed by atoms with Gasteiger partial charge in [-0.15, -0.1) is 11.3 Å². The van der Waals surface area contributed by atoms with Gasteiger partial charge in [-0.25, -0.2) is 9.55 Å². The zero-order chi connectivity index (χ0) is 16.3. The number of aromatic nitrogens is 1. The Bertz CT molecular complexity index is 804. The number of rotatable bonds is 1. The van der Waals surface area contributed by atoms with E-state index in [1.54, 1.807) is 29.5 Å². The van der Waals surface area contributed by atoms with Crippen molar-refractivity contribution in [3.05, 3.63) is 42.5 Å². The van der Waals surface area contributed by atoms with E-state index in [-0.39, 0.29) is 5.75 Å². The zero-order valence-corrected chi connectivity index (χ0v) is 12.8. The number of hydrogen-bond donors (Lipinski definition) is 5. The minimum Gasteiger partial charge on any atom is -0.507 e. The number of benzene rings is 2. The van der Waals surface area contributed by atoms with Gasteiger partial charge in [0.05, 0.1) is 15.8 Å². The van der Waals surface area contributed by atoms with Crippen molar-refractivity contribution in [1.29, 1.82) is 0 Å². The summed E-state index contributed by atoms with van der Waals surface area (Å²) in [7, 11) is -4.64. The topological polar surface area (TPSA) is 137 Å². The highest BCUT2D eigenvalue weighted by atomic mass is 32.1. The Balaban J connectivity index is 0.000000309. The number of phenols is 1. The molecular formula is C13H13N2O5PS. The molecule has 22 heavy (non-hydrogen) atoms. The fourth-order valence-electron chi connectivity index (χ4n) is 1.71. The molecule has 0 unspecified atom stereocenters. The van der Waals surface area contributed by atoms with Crippen LogP contribution >= 0.6 is 19.2 Å². The summed E-state index contributed by atoms with van der Waals surface area (Å²) in [6.45, 7) is 0. The Morgan fingerprint density at radius 2 is 1.73 bits per heavy atom. The molecule has 2 aromatic carbocycles. The van der Waals surface area contributed by atoms with E-state index in [0.29, 0.717) is 11.3 Å². The van der Waals surface area contributed by atoms with Gasteiger partial charge in [0.1, 0.15) is 10.8 Å². The van der Waals surface area contributed by atoms with Crippen LogP contribution in [0, 0.1) is 0 Å². The Morgan fingerprint density at radius 3 is 2.36 bits per heavy atom. The lowest BCUT2D eigenvalue weighted by Crippen LogP contribution is -1.85. The van der Waals surface area contributed by atoms with Gasteiger partial charge in [0, 0.05) is 5.69 Å². The molecule has 0 bridgehead atoms. The lowest BCUT2D eigenvalue weighted by Gasteiger charge is -2.01. The normalized spacial score (nSPS) is 11.0. The van der Waals surface area contributed by atoms with Gasteiger partial charge in [-0.3, -0.25) is 0 Å². The monoisotopic (exact) mass is 340 g/mol. The largest absolute Gasteiger partial charge is 0.507 e. The molecule has 0 aliphatic carbocycles. The van der Waals surface area contributed by atoms with Gasteiger partial charge in [0.2, 0.25) is 0 Å². The molecule has 0 saturated heterocycles. The van der Waals surface area contributed by atoms with Crippen LogP contribution in [-0.4, -0.2) is 24.8 Å². The maximum atomic E-state index is 9.82. The molecule has 0 spiro atoms. The number of anilines is 1. The second-order valence-corrected chi connectivity index (χ2v) is 6.33. The standard InChI is InChI=1S/C13H10N2OS.H3O4P/c14-8-5-6-11(16)9(7-8)13-15-10-3-1-2-4-12(10)17-13;1-5(2,3)4/h1-7,16H,14H2;(H3,1,2,3,4). The molecule has 0 fully saturated rings. The first-order chi connectivity index (χ1) is 10.2. The maximum absolute atomic E-state index is 9.82. The first kappa shape index (κ1) is 16.4. The molecule has 1 aromatic heterocycles. The van der Waals surface area contributed by atoms with E-state index >= 15 is 0 Å². The van der Waals surface area contributed by atoms with Crippen LogP contribution in [0.2, 0.25) is 0 Å². The van der Waals surface area contributed by atoms with Crippen LogP contribution in [-0.2, 0) is 4.57 Å². The van der Waals surface area contributed by atoms with E-state index in [1.165, 1.54) is 0 Å². The number of nitrogen functional groups attached to an aromatic ring is 1. The number of hydrogen-bond acceptors (Lipinski definition) is 5. The van der Waals surface area contributed by atoms with Gasteiger partial charge in [0.25, 0.3) is 0 Å². The fraction of sp³-hybridized carbons (Fsp3) is 0. The summed E-state index contributed by atoms with van der Waals surface area (Å²) in [5.74, 6) is 0.207. The van der Waals surface area contributed by atoms with Crippen molar-refractivity contribution >= 4 is 35.1 Å². The number of aromatic hydroxyl groups is 1. The Kier molecular flexibility index (Phi) is 4.80. The second-order valence-electron chi connectivity index (χ2n) is 4.28. The predicted molar refractivity (Wildman–Crippen MR) is 85.4 cm³/mol. The summed E-state index contributed by atoms with van der Waals surface area (Å²) in [5, 5.41) is 10.6. The Labute approximate surface area is 129 Å². The summed E-state index contributed by atoms with van der Waals surface area (Å²) in [6.07, 6.45) is 0. The van der Waals surface area contributed by atoms with Crippen LogP contribution in [0.15, 0.2) is 42.5 Å². The lowest BCUT2D eigenvalue weighted by atomic mass is 10.2. The van der Waals surface area contributed by atoms with Crippen molar-refractivity contribution in [3.8, 4) is 16.3 Å². The molecule has 0 amide bonds. The summed E-state index contributed by atoms with van der Waals surface area (Å²) in [6, 6.07) is 12.9. The van der Waals surface area contributed by atoms with E-state index in [1.807, 2.05) is 24.3 Å². The maximum Gasteiger partial charge on any atom is 0.466 e. The summed E-state index contributed by atoms with van der Waals surface area (Å²) in [5.41, 5.74) is 7.97. The predicted octanol–water partition coefficient (Wildman–Crippen LogP) is 2.32. The first-order valence-electron chi connectivity index (χ1n) is 5.97. The molecule has 3 aromatic rings. The van der Waals surface area contributed by atoms with Gasteiger partial charge >= 0.3 is 7.82 Å². The van der Waals surface area contributed by atoms with Crippen molar-refractivity contribution in [3.63, 3.8) is 0 Å². The van der Waals surface area contributed by atoms with E-state index in [4.69, 9.17) is 25.0 Å². The highest BCUT2D eigenvalue weighted by Gasteiger charge is 2.10. The molecule has 0 saturated carbocycles. The minimum absolute atomic E-state index is 0.207. The van der Waals surface area contributed by atoms with Crippen molar-refractivity contribution in [1.82, 2.24) is 4.98 Å². The molecule has 9 heteroatoms. The van der Waals surface area contributed by atoms with E-state index in [2.05, 4.69) is 4.98 Å². The molecule has 116 valence electrons. The Hall–Kier alpha value is -1.96. The van der Waals surface area contributed by atoms with E-state index in [9.17, 15) is 5.11 Å². The quantitative estimate of drug-likeness (QED) is 0.260. The van der Waals surface area contributed by atoms with Crippen LogP contribution in [0.5, 0.6) is 5.75 Å². The average molecular weight is 340 g/mol. The molecule has 0 aliphatic rings. The third-order valence-electron chi connectivity index (χ3n) is 2.54. The van der Waals surface area contributed by atoms with Gasteiger partial charge < -0.3 is 25.5 Å². The fourth-order valence-corrected chi connectivity index (χ4v) is 2.70. The molecule has 7 nitrogen and oxygen atoms in total. The summed E-state index contributed by atoms with van der Waals surface area (Å²) < 4.78 is 9.98. The molecule has 1 heterocycles. The second kappa shape index (κ2) is 6.43. The number of nitrogens with zero attached hydrogens (tertiary/aromatic N) is 1. The molecular weight excluding hydrogens is 327 g/mol. The number of thiazole rings is 1. The van der Waals surface area contributed by atoms with E-state index in [0.717, 1.165) is 15.2 Å². The highest BCUT2D eigenvalue weighted by molar-refractivity contribution is 7.45. The third-order valence-corrected chi connectivity index (χ3v) is 3.61. The zero-order valence-electron chi connectivity index (χ0n) is 11.1. The van der Waals surface area contributed by atoms with Crippen LogP contribution in [0.3, 0.4) is 0 Å². The molecule has 3 rings (SSSR count). The highest BCUT2D eigenvalue weighted by Crippen LogP contribution is 2.36. The average Bonchev–Trinajstić information content (AvgIpc) is 2.83. The van der Waals surface area contributed by atoms with Crippen LogP contribution in [0.4, 0.5) is 5.69 Å². The first-order valence-corrected chi connectivity index (χ1v) is 8.35. The van der Waals surface area contributed by atoms with Crippen molar-refractivity contribution in [2.24, 2.45) is 0 Å². The number of fused-ring (bicyclic) bond motifs is 1. The van der Waals surface area contributed by atoms with Crippen LogP contribution in [0.1, 0.15) is 0 Å². The van der Waals surface area contributed by atoms with Gasteiger partial charge in [-0.1, -0.05) is 12.1 Å². The van der Waals surface area contributed by atoms with E-state index < -0.39 is 7.82 Å². The summed E-state index contributed by atoms with van der Waals surface area (Å²) >= 11 is 1.55. The third kappa shape index (κ3) is 4.52. The number of phosphoric acid groups is 1. The Morgan fingerprint density at radius 1 is 1.09 bits per heavy atom. The molecule has 0 radical (unpaired) electrons. The number of para-hydroxylation sites is 1. The van der Waals surface area contributed by atoms with Gasteiger partial charge in [-0.05, 0) is 30.3 Å². The summed E-state index contributed by atoms with van der Waals surface area (Å²) in [4.78, 5) is 26.1. The van der Waals surface area contributed by atoms with Crippen LogP contribution in [0.25, 0.3) is 20.8 Å². The molecule has 6 N–H and O–H groups in total. The smallest absolute Gasteiger partial charge is 0.466 e.